The summed E-state index contributed by atoms with van der Waals surface area (Å²) < 4.78 is 12.0. The molecule has 1 saturated carbocycles. The number of benzene rings is 1. The minimum atomic E-state index is -0.158. The summed E-state index contributed by atoms with van der Waals surface area (Å²) in [6, 6.07) is 8.49. The molecule has 1 heterocycles. The Morgan fingerprint density at radius 2 is 1.52 bits per heavy atom. The predicted octanol–water partition coefficient (Wildman–Crippen LogP) is 4.87. The van der Waals surface area contributed by atoms with Crippen LogP contribution in [-0.2, 0) is 9.47 Å². The maximum atomic E-state index is 6.00. The average molecular weight is 288 g/mol. The van der Waals surface area contributed by atoms with Crippen LogP contribution in [0.2, 0.25) is 0 Å². The van der Waals surface area contributed by atoms with Crippen LogP contribution in [0.25, 0.3) is 0 Å². The average Bonchev–Trinajstić information content (AvgIpc) is 2.56. The summed E-state index contributed by atoms with van der Waals surface area (Å²) in [5.41, 5.74) is 2.42. The van der Waals surface area contributed by atoms with Crippen LogP contribution in [0.4, 0.5) is 0 Å². The first kappa shape index (κ1) is 15.1. The van der Waals surface area contributed by atoms with Crippen molar-refractivity contribution < 1.29 is 9.47 Å². The van der Waals surface area contributed by atoms with Crippen LogP contribution in [0.15, 0.2) is 24.3 Å². The van der Waals surface area contributed by atoms with Crippen molar-refractivity contribution in [1.82, 2.24) is 0 Å². The van der Waals surface area contributed by atoms with Gasteiger partial charge in [0.05, 0.1) is 13.2 Å². The second kappa shape index (κ2) is 6.93. The lowest BCUT2D eigenvalue weighted by atomic mass is 9.75. The molecule has 2 nitrogen and oxygen atoms in total. The second-order valence-corrected chi connectivity index (χ2v) is 6.86. The molecule has 1 aliphatic heterocycles. The Kier molecular flexibility index (Phi) is 4.97. The fraction of sp³-hybridized carbons (Fsp3) is 0.684. The van der Waals surface area contributed by atoms with E-state index in [0.29, 0.717) is 5.92 Å². The molecule has 0 aromatic heterocycles. The van der Waals surface area contributed by atoms with E-state index in [9.17, 15) is 0 Å². The summed E-state index contributed by atoms with van der Waals surface area (Å²) in [5.74, 6) is 2.38. The first-order valence-corrected chi connectivity index (χ1v) is 8.56. The molecule has 0 amide bonds. The molecule has 2 heteroatoms. The summed E-state index contributed by atoms with van der Waals surface area (Å²) in [6.45, 7) is 6.15. The Bertz CT molecular complexity index is 423. The van der Waals surface area contributed by atoms with E-state index >= 15 is 0 Å². The molecular formula is C19H28O2. The van der Waals surface area contributed by atoms with Crippen molar-refractivity contribution >= 4 is 0 Å². The largest absolute Gasteiger partial charge is 0.348 e. The summed E-state index contributed by atoms with van der Waals surface area (Å²) in [6.07, 6.45) is 6.72. The molecular weight excluding hydrogens is 260 g/mol. The van der Waals surface area contributed by atoms with Gasteiger partial charge in [0.15, 0.2) is 6.29 Å². The molecule has 0 bridgehead atoms. The van der Waals surface area contributed by atoms with Crippen molar-refractivity contribution in [1.29, 1.82) is 0 Å². The molecule has 21 heavy (non-hydrogen) atoms. The molecule has 0 N–H and O–H groups in total. The molecule has 1 aromatic carbocycles. The summed E-state index contributed by atoms with van der Waals surface area (Å²) in [4.78, 5) is 0. The van der Waals surface area contributed by atoms with E-state index in [0.717, 1.165) is 30.6 Å². The summed E-state index contributed by atoms with van der Waals surface area (Å²) in [5, 5.41) is 0. The highest BCUT2D eigenvalue weighted by Gasteiger charge is 2.31. The van der Waals surface area contributed by atoms with Crippen LogP contribution in [0.5, 0.6) is 0 Å². The summed E-state index contributed by atoms with van der Waals surface area (Å²) >= 11 is 0. The third-order valence-corrected chi connectivity index (χ3v) is 5.41. The zero-order valence-corrected chi connectivity index (χ0v) is 13.4. The highest BCUT2D eigenvalue weighted by atomic mass is 16.7. The molecule has 116 valence electrons. The number of hydrogen-bond donors (Lipinski definition) is 0. The molecule has 0 atom stereocenters. The molecule has 3 rings (SSSR count). The van der Waals surface area contributed by atoms with E-state index in [2.05, 4.69) is 38.1 Å². The van der Waals surface area contributed by atoms with Crippen LogP contribution in [-0.4, -0.2) is 13.2 Å². The van der Waals surface area contributed by atoms with Gasteiger partial charge in [-0.15, -0.1) is 0 Å². The van der Waals surface area contributed by atoms with Gasteiger partial charge in [0.1, 0.15) is 0 Å². The lowest BCUT2D eigenvalue weighted by Gasteiger charge is -2.37. The minimum Gasteiger partial charge on any atom is -0.348 e. The molecule has 2 aliphatic rings. The Balaban J connectivity index is 1.50. The van der Waals surface area contributed by atoms with Gasteiger partial charge in [0, 0.05) is 11.5 Å². The van der Waals surface area contributed by atoms with Crippen LogP contribution in [0.3, 0.4) is 0 Å². The second-order valence-electron chi connectivity index (χ2n) is 6.86. The number of aryl methyl sites for hydroxylation is 1. The van der Waals surface area contributed by atoms with Crippen molar-refractivity contribution in [2.24, 2.45) is 17.8 Å². The van der Waals surface area contributed by atoms with Gasteiger partial charge >= 0.3 is 0 Å². The van der Waals surface area contributed by atoms with Gasteiger partial charge in [0.2, 0.25) is 0 Å². The topological polar surface area (TPSA) is 18.5 Å². The van der Waals surface area contributed by atoms with Crippen LogP contribution in [0.1, 0.15) is 56.4 Å². The lowest BCUT2D eigenvalue weighted by molar-refractivity contribution is -0.214. The van der Waals surface area contributed by atoms with Crippen LogP contribution >= 0.6 is 0 Å². The van der Waals surface area contributed by atoms with E-state index in [1.807, 2.05) is 0 Å². The standard InChI is InChI=1S/C19H28O2/c1-3-15-6-10-16(11-7-15)18-12-20-19(21-13-18)17-8-4-14(2)5-9-17/h4-5,8-9,15-16,18-19H,3,6-7,10-13H2,1-2H3. The van der Waals surface area contributed by atoms with E-state index in [1.165, 1.54) is 37.7 Å². The highest BCUT2D eigenvalue weighted by Crippen LogP contribution is 2.38. The Morgan fingerprint density at radius 1 is 0.905 bits per heavy atom. The molecule has 1 aromatic rings. The number of ether oxygens (including phenoxy) is 2. The van der Waals surface area contributed by atoms with Gasteiger partial charge in [-0.05, 0) is 31.6 Å². The molecule has 0 spiro atoms. The van der Waals surface area contributed by atoms with E-state index in [1.54, 1.807) is 0 Å². The molecule has 1 saturated heterocycles. The number of hydrogen-bond acceptors (Lipinski definition) is 2. The van der Waals surface area contributed by atoms with E-state index < -0.39 is 0 Å². The summed E-state index contributed by atoms with van der Waals surface area (Å²) in [7, 11) is 0. The minimum absolute atomic E-state index is 0.158. The third-order valence-electron chi connectivity index (χ3n) is 5.41. The quantitative estimate of drug-likeness (QED) is 0.789. The maximum Gasteiger partial charge on any atom is 0.183 e. The van der Waals surface area contributed by atoms with Crippen molar-refractivity contribution in [3.8, 4) is 0 Å². The third kappa shape index (κ3) is 3.67. The van der Waals surface area contributed by atoms with Gasteiger partial charge < -0.3 is 9.47 Å². The van der Waals surface area contributed by atoms with Crippen molar-refractivity contribution in [2.45, 2.75) is 52.2 Å². The van der Waals surface area contributed by atoms with Crippen molar-refractivity contribution in [3.05, 3.63) is 35.4 Å². The van der Waals surface area contributed by atoms with Crippen molar-refractivity contribution in [3.63, 3.8) is 0 Å². The molecule has 2 fully saturated rings. The van der Waals surface area contributed by atoms with E-state index in [4.69, 9.17) is 9.47 Å². The smallest absolute Gasteiger partial charge is 0.183 e. The molecule has 0 radical (unpaired) electrons. The predicted molar refractivity (Wildman–Crippen MR) is 85.1 cm³/mol. The molecule has 1 aliphatic carbocycles. The fourth-order valence-corrected chi connectivity index (χ4v) is 3.77. The first-order chi connectivity index (χ1) is 10.3. The van der Waals surface area contributed by atoms with Gasteiger partial charge in [-0.2, -0.15) is 0 Å². The Hall–Kier alpha value is -0.860. The Morgan fingerprint density at radius 3 is 2.10 bits per heavy atom. The monoisotopic (exact) mass is 288 g/mol. The van der Waals surface area contributed by atoms with Gasteiger partial charge in [0.25, 0.3) is 0 Å². The SMILES string of the molecule is CCC1CCC(C2COC(c3ccc(C)cc3)OC2)CC1. The zero-order chi connectivity index (χ0) is 14.7. The first-order valence-electron chi connectivity index (χ1n) is 8.56. The lowest BCUT2D eigenvalue weighted by Crippen LogP contribution is -2.34. The fourth-order valence-electron chi connectivity index (χ4n) is 3.77. The van der Waals surface area contributed by atoms with Crippen LogP contribution < -0.4 is 0 Å². The maximum absolute atomic E-state index is 6.00. The highest BCUT2D eigenvalue weighted by molar-refractivity contribution is 5.22. The van der Waals surface area contributed by atoms with Gasteiger partial charge in [-0.25, -0.2) is 0 Å². The normalized spacial score (nSPS) is 33.8. The van der Waals surface area contributed by atoms with E-state index in [-0.39, 0.29) is 6.29 Å². The zero-order valence-electron chi connectivity index (χ0n) is 13.4. The number of rotatable bonds is 3. The van der Waals surface area contributed by atoms with Crippen LogP contribution in [0, 0.1) is 24.7 Å². The Labute approximate surface area is 128 Å². The van der Waals surface area contributed by atoms with Crippen molar-refractivity contribution in [2.75, 3.05) is 13.2 Å². The van der Waals surface area contributed by atoms with Gasteiger partial charge in [-0.3, -0.25) is 0 Å². The molecule has 0 unspecified atom stereocenters. The van der Waals surface area contributed by atoms with Gasteiger partial charge in [-0.1, -0.05) is 56.0 Å².